The van der Waals surface area contributed by atoms with Crippen molar-refractivity contribution < 1.29 is 4.79 Å². The minimum Gasteiger partial charge on any atom is -0.300 e. The summed E-state index contributed by atoms with van der Waals surface area (Å²) in [5, 5.41) is 14.2. The molecule has 0 saturated carbocycles. The summed E-state index contributed by atoms with van der Waals surface area (Å²) in [5.74, 6) is 0.600. The van der Waals surface area contributed by atoms with Crippen LogP contribution in [0.15, 0.2) is 6.33 Å². The summed E-state index contributed by atoms with van der Waals surface area (Å²) in [6.07, 6.45) is 5.93. The van der Waals surface area contributed by atoms with Crippen molar-refractivity contribution in [2.75, 3.05) is 5.32 Å². The maximum absolute atomic E-state index is 11.9. The van der Waals surface area contributed by atoms with Gasteiger partial charge in [-0.1, -0.05) is 13.3 Å². The van der Waals surface area contributed by atoms with Gasteiger partial charge in [0, 0.05) is 4.88 Å². The minimum atomic E-state index is -0.157. The number of carbonyl (C=O) groups is 1. The molecule has 2 aromatic rings. The van der Waals surface area contributed by atoms with Crippen LogP contribution in [-0.4, -0.2) is 31.1 Å². The molecule has 1 amide bonds. The number of tetrazole rings is 1. The molecule has 1 aliphatic rings. The van der Waals surface area contributed by atoms with Crippen LogP contribution in [0.2, 0.25) is 0 Å². The molecule has 7 nitrogen and oxygen atoms in total. The molecule has 0 bridgehead atoms. The second-order valence-electron chi connectivity index (χ2n) is 4.96. The highest BCUT2D eigenvalue weighted by Gasteiger charge is 2.22. The van der Waals surface area contributed by atoms with Gasteiger partial charge in [-0.15, -0.1) is 16.4 Å². The van der Waals surface area contributed by atoms with E-state index in [1.54, 1.807) is 11.3 Å². The molecule has 0 radical (unpaired) electrons. The van der Waals surface area contributed by atoms with Gasteiger partial charge in [-0.25, -0.2) is 9.67 Å². The maximum Gasteiger partial charge on any atom is 0.248 e. The first-order valence-corrected chi connectivity index (χ1v) is 7.55. The monoisotopic (exact) mass is 292 g/mol. The highest BCUT2D eigenvalue weighted by Crippen LogP contribution is 2.33. The fourth-order valence-corrected chi connectivity index (χ4v) is 3.54. The normalized spacial score (nSPS) is 17.8. The Kier molecular flexibility index (Phi) is 3.72. The van der Waals surface area contributed by atoms with Gasteiger partial charge in [-0.05, 0) is 35.6 Å². The van der Waals surface area contributed by atoms with Gasteiger partial charge in [0.1, 0.15) is 12.9 Å². The number of nitrogens with zero attached hydrogens (tertiary/aromatic N) is 5. The van der Waals surface area contributed by atoms with Crippen LogP contribution >= 0.6 is 11.3 Å². The first kappa shape index (κ1) is 13.2. The lowest BCUT2D eigenvalue weighted by Gasteiger charge is -2.18. The molecule has 0 saturated heterocycles. The molecule has 0 aliphatic heterocycles. The van der Waals surface area contributed by atoms with Crippen LogP contribution < -0.4 is 5.32 Å². The summed E-state index contributed by atoms with van der Waals surface area (Å²) in [5.41, 5.74) is 1.15. The quantitative estimate of drug-likeness (QED) is 0.917. The Morgan fingerprint density at radius 1 is 1.60 bits per heavy atom. The Labute approximate surface area is 120 Å². The zero-order chi connectivity index (χ0) is 13.9. The number of hydrogen-bond donors (Lipinski definition) is 1. The minimum absolute atomic E-state index is 0.106. The molecule has 20 heavy (non-hydrogen) atoms. The van der Waals surface area contributed by atoms with Gasteiger partial charge in [0.2, 0.25) is 5.91 Å². The van der Waals surface area contributed by atoms with Crippen molar-refractivity contribution in [2.24, 2.45) is 5.92 Å². The number of aromatic nitrogens is 5. The lowest BCUT2D eigenvalue weighted by molar-refractivity contribution is -0.116. The van der Waals surface area contributed by atoms with Gasteiger partial charge in [0.25, 0.3) is 0 Å². The molecule has 2 heterocycles. The number of hydrogen-bond acceptors (Lipinski definition) is 6. The Morgan fingerprint density at radius 2 is 2.50 bits per heavy atom. The van der Waals surface area contributed by atoms with Crippen molar-refractivity contribution in [3.8, 4) is 0 Å². The van der Waals surface area contributed by atoms with E-state index in [0.29, 0.717) is 5.13 Å². The largest absolute Gasteiger partial charge is 0.300 e. The molecule has 0 aromatic carbocycles. The van der Waals surface area contributed by atoms with Crippen LogP contribution in [-0.2, 0) is 24.2 Å². The van der Waals surface area contributed by atoms with Crippen LogP contribution in [0.4, 0.5) is 5.13 Å². The summed E-state index contributed by atoms with van der Waals surface area (Å²) < 4.78 is 1.38. The Morgan fingerprint density at radius 3 is 3.25 bits per heavy atom. The van der Waals surface area contributed by atoms with E-state index in [0.717, 1.165) is 24.5 Å². The topological polar surface area (TPSA) is 85.6 Å². The number of fused-ring (bicyclic) bond motifs is 1. The summed E-state index contributed by atoms with van der Waals surface area (Å²) in [4.78, 5) is 17.7. The number of aryl methyl sites for hydroxylation is 1. The molecular weight excluding hydrogens is 276 g/mol. The molecule has 0 spiro atoms. The van der Waals surface area contributed by atoms with E-state index in [1.807, 2.05) is 0 Å². The van der Waals surface area contributed by atoms with E-state index in [4.69, 9.17) is 0 Å². The van der Waals surface area contributed by atoms with Gasteiger partial charge in [0.15, 0.2) is 5.13 Å². The van der Waals surface area contributed by atoms with E-state index in [1.165, 1.54) is 28.7 Å². The third-order valence-electron chi connectivity index (χ3n) is 3.56. The Hall–Kier alpha value is -1.83. The first-order valence-electron chi connectivity index (χ1n) is 6.73. The third kappa shape index (κ3) is 2.84. The summed E-state index contributed by atoms with van der Waals surface area (Å²) >= 11 is 1.59. The number of nitrogens with one attached hydrogen (secondary N) is 1. The number of thiazole rings is 1. The maximum atomic E-state index is 11.9. The van der Waals surface area contributed by atoms with Crippen LogP contribution in [0.5, 0.6) is 0 Å². The molecule has 1 N–H and O–H groups in total. The van der Waals surface area contributed by atoms with Gasteiger partial charge in [-0.2, -0.15) is 0 Å². The molecule has 8 heteroatoms. The highest BCUT2D eigenvalue weighted by atomic mass is 32.1. The van der Waals surface area contributed by atoms with Crippen molar-refractivity contribution in [3.05, 3.63) is 16.9 Å². The van der Waals surface area contributed by atoms with Gasteiger partial charge < -0.3 is 5.32 Å². The standard InChI is InChI=1S/C12H16N6OS/c1-2-8-3-4-9-10(5-8)20-12(14-9)15-11(19)6-18-7-13-16-17-18/h7-8H,2-6H2,1H3,(H,14,15,19). The fourth-order valence-electron chi connectivity index (χ4n) is 2.40. The third-order valence-corrected chi connectivity index (χ3v) is 4.60. The van der Waals surface area contributed by atoms with E-state index < -0.39 is 0 Å². The van der Waals surface area contributed by atoms with Crippen molar-refractivity contribution in [2.45, 2.75) is 39.2 Å². The fraction of sp³-hybridized carbons (Fsp3) is 0.583. The number of anilines is 1. The lowest BCUT2D eigenvalue weighted by Crippen LogP contribution is -2.19. The Bertz CT molecular complexity index is 593. The molecule has 1 unspecified atom stereocenters. The van der Waals surface area contributed by atoms with Crippen LogP contribution in [0, 0.1) is 5.92 Å². The average Bonchev–Trinajstić information content (AvgIpc) is 3.06. The molecule has 0 fully saturated rings. The molecular formula is C12H16N6OS. The predicted molar refractivity (Wildman–Crippen MR) is 74.4 cm³/mol. The zero-order valence-electron chi connectivity index (χ0n) is 11.2. The van der Waals surface area contributed by atoms with Crippen LogP contribution in [0.3, 0.4) is 0 Å². The summed E-state index contributed by atoms with van der Waals surface area (Å²) in [6, 6.07) is 0. The Balaban J connectivity index is 1.64. The molecule has 3 rings (SSSR count). The SMILES string of the molecule is CCC1CCc2nc(NC(=O)Cn3cnnn3)sc2C1. The predicted octanol–water partition coefficient (Wildman–Crippen LogP) is 1.28. The summed E-state index contributed by atoms with van der Waals surface area (Å²) in [7, 11) is 0. The van der Waals surface area contributed by atoms with Crippen molar-refractivity contribution >= 4 is 22.4 Å². The van der Waals surface area contributed by atoms with E-state index >= 15 is 0 Å². The zero-order valence-corrected chi connectivity index (χ0v) is 12.1. The van der Waals surface area contributed by atoms with Crippen molar-refractivity contribution in [3.63, 3.8) is 0 Å². The molecule has 1 atom stereocenters. The van der Waals surface area contributed by atoms with Crippen molar-refractivity contribution in [1.29, 1.82) is 0 Å². The number of rotatable bonds is 4. The number of amides is 1. The lowest BCUT2D eigenvalue weighted by atomic mass is 9.89. The summed E-state index contributed by atoms with van der Waals surface area (Å²) in [6.45, 7) is 2.33. The molecule has 106 valence electrons. The van der Waals surface area contributed by atoms with Crippen LogP contribution in [0.1, 0.15) is 30.3 Å². The van der Waals surface area contributed by atoms with Gasteiger partial charge in [0.05, 0.1) is 5.69 Å². The highest BCUT2D eigenvalue weighted by molar-refractivity contribution is 7.15. The van der Waals surface area contributed by atoms with Crippen molar-refractivity contribution in [1.82, 2.24) is 25.2 Å². The second-order valence-corrected chi connectivity index (χ2v) is 6.05. The number of carbonyl (C=O) groups excluding carboxylic acids is 1. The molecule has 1 aliphatic carbocycles. The van der Waals surface area contributed by atoms with Gasteiger partial charge >= 0.3 is 0 Å². The van der Waals surface area contributed by atoms with E-state index in [2.05, 4.69) is 32.7 Å². The second kappa shape index (κ2) is 5.66. The molecule has 2 aromatic heterocycles. The average molecular weight is 292 g/mol. The van der Waals surface area contributed by atoms with Gasteiger partial charge in [-0.3, -0.25) is 4.79 Å². The van der Waals surface area contributed by atoms with E-state index in [-0.39, 0.29) is 12.5 Å². The van der Waals surface area contributed by atoms with E-state index in [9.17, 15) is 4.79 Å². The smallest absolute Gasteiger partial charge is 0.248 e. The van der Waals surface area contributed by atoms with Crippen LogP contribution in [0.25, 0.3) is 0 Å². The first-order chi connectivity index (χ1) is 9.74.